The Balaban J connectivity index is 1.98. The molecule has 0 aliphatic carbocycles. The number of benzene rings is 1. The highest BCUT2D eigenvalue weighted by Crippen LogP contribution is 2.19. The fourth-order valence-electron chi connectivity index (χ4n) is 2.58. The molecule has 1 aromatic carbocycles. The predicted molar refractivity (Wildman–Crippen MR) is 79.0 cm³/mol. The van der Waals surface area contributed by atoms with Crippen LogP contribution in [0.4, 0.5) is 11.4 Å². The molecule has 1 unspecified atom stereocenters. The lowest BCUT2D eigenvalue weighted by Gasteiger charge is -2.27. The quantitative estimate of drug-likeness (QED) is 0.833. The maximum atomic E-state index is 5.74. The Kier molecular flexibility index (Phi) is 4.48. The van der Waals surface area contributed by atoms with E-state index in [9.17, 15) is 0 Å². The third kappa shape index (κ3) is 3.16. The van der Waals surface area contributed by atoms with E-state index in [1.54, 1.807) is 0 Å². The van der Waals surface area contributed by atoms with E-state index in [0.717, 1.165) is 18.8 Å². The Labute approximate surface area is 111 Å². The summed E-state index contributed by atoms with van der Waals surface area (Å²) in [7, 11) is 0. The molecule has 0 aromatic heterocycles. The first kappa shape index (κ1) is 13.2. The van der Waals surface area contributed by atoms with E-state index >= 15 is 0 Å². The van der Waals surface area contributed by atoms with Crippen LogP contribution in [-0.4, -0.2) is 37.1 Å². The van der Waals surface area contributed by atoms with Crippen LogP contribution in [-0.2, 0) is 0 Å². The lowest BCUT2D eigenvalue weighted by atomic mass is 10.2. The van der Waals surface area contributed by atoms with E-state index in [4.69, 9.17) is 5.73 Å². The molecule has 1 aromatic rings. The smallest absolute Gasteiger partial charge is 0.0368 e. The first-order valence-electron chi connectivity index (χ1n) is 7.05. The van der Waals surface area contributed by atoms with Gasteiger partial charge in [-0.3, -0.25) is 4.90 Å². The van der Waals surface area contributed by atoms with Gasteiger partial charge in [0, 0.05) is 43.6 Å². The molecule has 2 N–H and O–H groups in total. The van der Waals surface area contributed by atoms with Gasteiger partial charge in [-0.15, -0.1) is 0 Å². The number of nitrogens with two attached hydrogens (primary N) is 1. The van der Waals surface area contributed by atoms with E-state index < -0.39 is 0 Å². The molecule has 1 atom stereocenters. The molecule has 1 fully saturated rings. The molecule has 100 valence electrons. The predicted octanol–water partition coefficient (Wildman–Crippen LogP) is 2.58. The lowest BCUT2D eigenvalue weighted by Crippen LogP contribution is -2.36. The number of hydrogen-bond donors (Lipinski definition) is 1. The van der Waals surface area contributed by atoms with Crippen LogP contribution in [0.5, 0.6) is 0 Å². The number of hydrogen-bond acceptors (Lipinski definition) is 3. The molecule has 0 amide bonds. The molecule has 1 heterocycles. The van der Waals surface area contributed by atoms with Gasteiger partial charge in [-0.1, -0.05) is 6.92 Å². The van der Waals surface area contributed by atoms with Crippen molar-refractivity contribution in [2.75, 3.05) is 36.8 Å². The van der Waals surface area contributed by atoms with Gasteiger partial charge in [-0.2, -0.15) is 0 Å². The van der Waals surface area contributed by atoms with Gasteiger partial charge in [0.25, 0.3) is 0 Å². The van der Waals surface area contributed by atoms with Crippen LogP contribution in [0, 0.1) is 0 Å². The van der Waals surface area contributed by atoms with Crippen molar-refractivity contribution in [2.24, 2.45) is 0 Å². The van der Waals surface area contributed by atoms with Crippen molar-refractivity contribution in [3.8, 4) is 0 Å². The van der Waals surface area contributed by atoms with Gasteiger partial charge in [-0.25, -0.2) is 0 Å². The van der Waals surface area contributed by atoms with Crippen molar-refractivity contribution in [2.45, 2.75) is 32.7 Å². The second kappa shape index (κ2) is 6.10. The fraction of sp³-hybridized carbons (Fsp3) is 0.600. The van der Waals surface area contributed by atoms with Crippen LogP contribution in [0.15, 0.2) is 24.3 Å². The Morgan fingerprint density at radius 3 is 2.50 bits per heavy atom. The van der Waals surface area contributed by atoms with Crippen LogP contribution >= 0.6 is 0 Å². The normalized spacial score (nSPS) is 19.6. The zero-order valence-electron chi connectivity index (χ0n) is 11.6. The summed E-state index contributed by atoms with van der Waals surface area (Å²) in [5.41, 5.74) is 7.88. The van der Waals surface area contributed by atoms with Gasteiger partial charge in [-0.05, 0) is 44.0 Å². The first-order chi connectivity index (χ1) is 8.70. The summed E-state index contributed by atoms with van der Waals surface area (Å²) in [6.07, 6.45) is 2.48. The molecular formula is C15H25N3. The Bertz CT molecular complexity index is 361. The molecule has 0 radical (unpaired) electrons. The fourth-order valence-corrected chi connectivity index (χ4v) is 2.58. The van der Waals surface area contributed by atoms with Crippen LogP contribution < -0.4 is 10.6 Å². The Hall–Kier alpha value is -1.22. The summed E-state index contributed by atoms with van der Waals surface area (Å²) in [5.74, 6) is 0. The zero-order chi connectivity index (χ0) is 13.0. The van der Waals surface area contributed by atoms with E-state index in [1.807, 2.05) is 12.1 Å². The molecule has 1 aliphatic heterocycles. The van der Waals surface area contributed by atoms with Crippen molar-refractivity contribution < 1.29 is 0 Å². The average Bonchev–Trinajstić information content (AvgIpc) is 2.64. The SMILES string of the molecule is CCC(C)N1CCCN(c2ccc(N)cc2)CC1. The summed E-state index contributed by atoms with van der Waals surface area (Å²) in [4.78, 5) is 5.08. The van der Waals surface area contributed by atoms with Crippen LogP contribution in [0.3, 0.4) is 0 Å². The van der Waals surface area contributed by atoms with E-state index in [0.29, 0.717) is 6.04 Å². The molecule has 0 spiro atoms. The van der Waals surface area contributed by atoms with Gasteiger partial charge in [0.1, 0.15) is 0 Å². The molecule has 3 heteroatoms. The number of rotatable bonds is 3. The standard InChI is InChI=1S/C15H25N3/c1-3-13(2)17-9-4-10-18(12-11-17)15-7-5-14(16)6-8-15/h5-8,13H,3-4,9-12,16H2,1-2H3. The summed E-state index contributed by atoms with van der Waals surface area (Å²) in [6, 6.07) is 8.96. The maximum absolute atomic E-state index is 5.74. The van der Waals surface area contributed by atoms with Crippen molar-refractivity contribution in [1.29, 1.82) is 0 Å². The second-order valence-electron chi connectivity index (χ2n) is 5.23. The number of nitrogens with zero attached hydrogens (tertiary/aromatic N) is 2. The summed E-state index contributed by atoms with van der Waals surface area (Å²) >= 11 is 0. The summed E-state index contributed by atoms with van der Waals surface area (Å²) < 4.78 is 0. The largest absolute Gasteiger partial charge is 0.399 e. The van der Waals surface area contributed by atoms with Crippen LogP contribution in [0.2, 0.25) is 0 Å². The van der Waals surface area contributed by atoms with Gasteiger partial charge in [0.05, 0.1) is 0 Å². The third-order valence-electron chi connectivity index (χ3n) is 4.00. The highest BCUT2D eigenvalue weighted by atomic mass is 15.2. The number of nitrogen functional groups attached to an aromatic ring is 1. The molecule has 1 aliphatic rings. The minimum atomic E-state index is 0.705. The second-order valence-corrected chi connectivity index (χ2v) is 5.23. The van der Waals surface area contributed by atoms with E-state index in [1.165, 1.54) is 31.6 Å². The Morgan fingerprint density at radius 2 is 1.83 bits per heavy atom. The van der Waals surface area contributed by atoms with E-state index in [-0.39, 0.29) is 0 Å². The van der Waals surface area contributed by atoms with Crippen molar-refractivity contribution >= 4 is 11.4 Å². The van der Waals surface area contributed by atoms with Crippen LogP contribution in [0.25, 0.3) is 0 Å². The number of anilines is 2. The van der Waals surface area contributed by atoms with Crippen molar-refractivity contribution in [1.82, 2.24) is 4.90 Å². The molecule has 0 bridgehead atoms. The molecular weight excluding hydrogens is 222 g/mol. The highest BCUT2D eigenvalue weighted by molar-refractivity contribution is 5.53. The van der Waals surface area contributed by atoms with E-state index in [2.05, 4.69) is 35.8 Å². The molecule has 0 saturated carbocycles. The zero-order valence-corrected chi connectivity index (χ0v) is 11.6. The Morgan fingerprint density at radius 1 is 1.11 bits per heavy atom. The first-order valence-corrected chi connectivity index (χ1v) is 7.05. The van der Waals surface area contributed by atoms with Gasteiger partial charge >= 0.3 is 0 Å². The van der Waals surface area contributed by atoms with Gasteiger partial charge in [0.2, 0.25) is 0 Å². The molecule has 1 saturated heterocycles. The van der Waals surface area contributed by atoms with Crippen molar-refractivity contribution in [3.63, 3.8) is 0 Å². The third-order valence-corrected chi connectivity index (χ3v) is 4.00. The summed E-state index contributed by atoms with van der Waals surface area (Å²) in [6.45, 7) is 9.26. The molecule has 2 rings (SSSR count). The lowest BCUT2D eigenvalue weighted by molar-refractivity contribution is 0.219. The monoisotopic (exact) mass is 247 g/mol. The highest BCUT2D eigenvalue weighted by Gasteiger charge is 2.18. The minimum absolute atomic E-state index is 0.705. The molecule has 18 heavy (non-hydrogen) atoms. The minimum Gasteiger partial charge on any atom is -0.399 e. The topological polar surface area (TPSA) is 32.5 Å². The maximum Gasteiger partial charge on any atom is 0.0368 e. The van der Waals surface area contributed by atoms with Crippen molar-refractivity contribution in [3.05, 3.63) is 24.3 Å². The molecule has 3 nitrogen and oxygen atoms in total. The van der Waals surface area contributed by atoms with Gasteiger partial charge in [0.15, 0.2) is 0 Å². The van der Waals surface area contributed by atoms with Gasteiger partial charge < -0.3 is 10.6 Å². The van der Waals surface area contributed by atoms with Crippen LogP contribution in [0.1, 0.15) is 26.7 Å². The average molecular weight is 247 g/mol. The summed E-state index contributed by atoms with van der Waals surface area (Å²) in [5, 5.41) is 0.